The molecule has 2 atom stereocenters. The van der Waals surface area contributed by atoms with E-state index in [1.54, 1.807) is 12.3 Å². The number of aliphatic hydroxyl groups excluding tert-OH is 2. The molecule has 2 heterocycles. The van der Waals surface area contributed by atoms with Gasteiger partial charge >= 0.3 is 0 Å². The van der Waals surface area contributed by atoms with E-state index in [9.17, 15) is 15.0 Å². The molecule has 0 saturated carbocycles. The molecule has 1 amide bonds. The number of hydrogen-bond donors (Lipinski definition) is 2. The molecule has 2 aromatic rings. The zero-order valence-electron chi connectivity index (χ0n) is 10.2. The molecular formula is C14H14N2O3. The minimum atomic E-state index is -0.864. The second-order valence-corrected chi connectivity index (χ2v) is 4.72. The first-order chi connectivity index (χ1) is 9.16. The SMILES string of the molecule is O=C(c1ccnc2ccccc12)N1CC(O)C(O)C1. The van der Waals surface area contributed by atoms with Crippen LogP contribution in [0, 0.1) is 0 Å². The Bertz CT molecular complexity index is 614. The standard InChI is InChI=1S/C14H14N2O3/c17-12-7-16(8-13(12)18)14(19)10-5-6-15-11-4-2-1-3-9(10)11/h1-6,12-13,17-18H,7-8H2. The average molecular weight is 258 g/mol. The van der Waals surface area contributed by atoms with Gasteiger partial charge in [0.25, 0.3) is 5.91 Å². The first kappa shape index (κ1) is 12.1. The Morgan fingerprint density at radius 2 is 1.84 bits per heavy atom. The highest BCUT2D eigenvalue weighted by Crippen LogP contribution is 2.20. The number of carbonyl (C=O) groups is 1. The number of β-amino-alcohol motifs (C(OH)–C–C–N with tert-alkyl or cyclic N) is 2. The highest BCUT2D eigenvalue weighted by Gasteiger charge is 2.33. The molecule has 1 aliphatic rings. The quantitative estimate of drug-likeness (QED) is 0.777. The molecule has 0 aliphatic carbocycles. The van der Waals surface area contributed by atoms with Gasteiger partial charge in [-0.3, -0.25) is 9.78 Å². The molecule has 1 saturated heterocycles. The van der Waals surface area contributed by atoms with Crippen molar-refractivity contribution in [3.05, 3.63) is 42.1 Å². The number of aromatic nitrogens is 1. The normalized spacial score (nSPS) is 22.9. The average Bonchev–Trinajstić information content (AvgIpc) is 2.77. The fraction of sp³-hybridized carbons (Fsp3) is 0.286. The minimum Gasteiger partial charge on any atom is -0.388 e. The van der Waals surface area contributed by atoms with Gasteiger partial charge in [0, 0.05) is 24.7 Å². The van der Waals surface area contributed by atoms with E-state index >= 15 is 0 Å². The van der Waals surface area contributed by atoms with Crippen molar-refractivity contribution in [1.82, 2.24) is 9.88 Å². The van der Waals surface area contributed by atoms with Gasteiger partial charge in [-0.1, -0.05) is 18.2 Å². The van der Waals surface area contributed by atoms with E-state index in [1.165, 1.54) is 4.90 Å². The molecule has 98 valence electrons. The van der Waals surface area contributed by atoms with Crippen molar-refractivity contribution < 1.29 is 15.0 Å². The third kappa shape index (κ3) is 2.07. The Morgan fingerprint density at radius 3 is 2.58 bits per heavy atom. The summed E-state index contributed by atoms with van der Waals surface area (Å²) >= 11 is 0. The number of aliphatic hydroxyl groups is 2. The maximum absolute atomic E-state index is 12.4. The maximum Gasteiger partial charge on any atom is 0.254 e. The predicted octanol–water partition coefficient (Wildman–Crippen LogP) is 0.412. The van der Waals surface area contributed by atoms with Crippen LogP contribution >= 0.6 is 0 Å². The molecule has 5 nitrogen and oxygen atoms in total. The molecule has 5 heteroatoms. The van der Waals surface area contributed by atoms with E-state index in [2.05, 4.69) is 4.98 Å². The summed E-state index contributed by atoms with van der Waals surface area (Å²) in [5.41, 5.74) is 1.31. The number of para-hydroxylation sites is 1. The van der Waals surface area contributed by atoms with Crippen molar-refractivity contribution in [2.45, 2.75) is 12.2 Å². The lowest BCUT2D eigenvalue weighted by Crippen LogP contribution is -2.30. The van der Waals surface area contributed by atoms with Crippen LogP contribution in [0.3, 0.4) is 0 Å². The first-order valence-electron chi connectivity index (χ1n) is 6.16. The number of carbonyl (C=O) groups excluding carboxylic acids is 1. The van der Waals surface area contributed by atoms with Gasteiger partial charge in [0.05, 0.1) is 23.3 Å². The van der Waals surface area contributed by atoms with Gasteiger partial charge in [-0.25, -0.2) is 0 Å². The summed E-state index contributed by atoms with van der Waals surface area (Å²) < 4.78 is 0. The van der Waals surface area contributed by atoms with Crippen molar-refractivity contribution in [2.75, 3.05) is 13.1 Å². The third-order valence-electron chi connectivity index (χ3n) is 3.43. The lowest BCUT2D eigenvalue weighted by Gasteiger charge is -2.16. The van der Waals surface area contributed by atoms with Crippen LogP contribution in [0.1, 0.15) is 10.4 Å². The van der Waals surface area contributed by atoms with Crippen molar-refractivity contribution >= 4 is 16.8 Å². The number of rotatable bonds is 1. The van der Waals surface area contributed by atoms with Gasteiger partial charge in [-0.15, -0.1) is 0 Å². The fourth-order valence-electron chi connectivity index (χ4n) is 2.39. The summed E-state index contributed by atoms with van der Waals surface area (Å²) in [6, 6.07) is 9.08. The molecule has 3 rings (SSSR count). The van der Waals surface area contributed by atoms with Gasteiger partial charge in [0.2, 0.25) is 0 Å². The fourth-order valence-corrected chi connectivity index (χ4v) is 2.39. The molecule has 19 heavy (non-hydrogen) atoms. The largest absolute Gasteiger partial charge is 0.388 e. The highest BCUT2D eigenvalue weighted by atomic mass is 16.3. The minimum absolute atomic E-state index is 0.163. The van der Waals surface area contributed by atoms with Crippen LogP contribution in [0.15, 0.2) is 36.5 Å². The van der Waals surface area contributed by atoms with E-state index < -0.39 is 12.2 Å². The molecule has 1 fully saturated rings. The van der Waals surface area contributed by atoms with E-state index in [-0.39, 0.29) is 19.0 Å². The monoisotopic (exact) mass is 258 g/mol. The molecular weight excluding hydrogens is 244 g/mol. The third-order valence-corrected chi connectivity index (χ3v) is 3.43. The first-order valence-corrected chi connectivity index (χ1v) is 6.16. The molecule has 0 radical (unpaired) electrons. The van der Waals surface area contributed by atoms with E-state index in [0.717, 1.165) is 10.9 Å². The summed E-state index contributed by atoms with van der Waals surface area (Å²) in [4.78, 5) is 18.1. The van der Waals surface area contributed by atoms with Crippen molar-refractivity contribution in [1.29, 1.82) is 0 Å². The summed E-state index contributed by atoms with van der Waals surface area (Å²) in [7, 11) is 0. The summed E-state index contributed by atoms with van der Waals surface area (Å²) in [5.74, 6) is -0.186. The van der Waals surface area contributed by atoms with Gasteiger partial charge in [-0.05, 0) is 12.1 Å². The number of hydrogen-bond acceptors (Lipinski definition) is 4. The summed E-state index contributed by atoms with van der Waals surface area (Å²) in [5, 5.41) is 19.8. The van der Waals surface area contributed by atoms with Crippen LogP contribution < -0.4 is 0 Å². The van der Waals surface area contributed by atoms with Gasteiger partial charge in [0.1, 0.15) is 0 Å². The lowest BCUT2D eigenvalue weighted by atomic mass is 10.1. The highest BCUT2D eigenvalue weighted by molar-refractivity contribution is 6.06. The zero-order chi connectivity index (χ0) is 13.4. The number of pyridine rings is 1. The Kier molecular flexibility index (Phi) is 2.93. The number of fused-ring (bicyclic) bond motifs is 1. The second kappa shape index (κ2) is 4.60. The van der Waals surface area contributed by atoms with Crippen LogP contribution in [0.5, 0.6) is 0 Å². The van der Waals surface area contributed by atoms with Crippen molar-refractivity contribution in [3.8, 4) is 0 Å². The van der Waals surface area contributed by atoms with Crippen LogP contribution in [0.2, 0.25) is 0 Å². The molecule has 0 spiro atoms. The van der Waals surface area contributed by atoms with Gasteiger partial charge in [0.15, 0.2) is 0 Å². The number of likely N-dealkylation sites (tertiary alicyclic amines) is 1. The topological polar surface area (TPSA) is 73.7 Å². The van der Waals surface area contributed by atoms with E-state index in [0.29, 0.717) is 5.56 Å². The van der Waals surface area contributed by atoms with Crippen LogP contribution in [-0.2, 0) is 0 Å². The van der Waals surface area contributed by atoms with Crippen molar-refractivity contribution in [2.24, 2.45) is 0 Å². The van der Waals surface area contributed by atoms with Gasteiger partial charge in [-0.2, -0.15) is 0 Å². The molecule has 2 N–H and O–H groups in total. The van der Waals surface area contributed by atoms with Gasteiger partial charge < -0.3 is 15.1 Å². The molecule has 2 unspecified atom stereocenters. The lowest BCUT2D eigenvalue weighted by molar-refractivity contribution is 0.0572. The van der Waals surface area contributed by atoms with Crippen LogP contribution in [-0.4, -0.2) is 51.3 Å². The van der Waals surface area contributed by atoms with E-state index in [4.69, 9.17) is 0 Å². The second-order valence-electron chi connectivity index (χ2n) is 4.72. The smallest absolute Gasteiger partial charge is 0.254 e. The zero-order valence-corrected chi connectivity index (χ0v) is 10.2. The Balaban J connectivity index is 1.98. The molecule has 0 bridgehead atoms. The number of nitrogens with zero attached hydrogens (tertiary/aromatic N) is 2. The molecule has 1 aromatic heterocycles. The summed E-state index contributed by atoms with van der Waals surface area (Å²) in [6.07, 6.45) is -0.132. The summed E-state index contributed by atoms with van der Waals surface area (Å²) in [6.45, 7) is 0.327. The molecule has 1 aromatic carbocycles. The van der Waals surface area contributed by atoms with E-state index in [1.807, 2.05) is 24.3 Å². The Morgan fingerprint density at radius 1 is 1.16 bits per heavy atom. The van der Waals surface area contributed by atoms with Crippen molar-refractivity contribution in [3.63, 3.8) is 0 Å². The number of amides is 1. The van der Waals surface area contributed by atoms with Crippen LogP contribution in [0.4, 0.5) is 0 Å². The Labute approximate surface area is 110 Å². The Hall–Kier alpha value is -1.98. The number of benzene rings is 1. The maximum atomic E-state index is 12.4. The predicted molar refractivity (Wildman–Crippen MR) is 69.7 cm³/mol. The van der Waals surface area contributed by atoms with Crippen LogP contribution in [0.25, 0.3) is 10.9 Å². The molecule has 1 aliphatic heterocycles.